The molecule has 172 valence electrons. The van der Waals surface area contributed by atoms with Crippen molar-refractivity contribution in [2.24, 2.45) is 5.92 Å². The minimum atomic E-state index is 0.185. The van der Waals surface area contributed by atoms with E-state index < -0.39 is 0 Å². The van der Waals surface area contributed by atoms with Gasteiger partial charge >= 0.3 is 0 Å². The quantitative estimate of drug-likeness (QED) is 0.663. The standard InChI is InChI=1S/C24H31N5S.C2H6/c1-17(18-6-10-28(11-7-18)16-19-15-27-23(26)30-19)29-12-8-24(9-13-29)14-22(25)20-4-2-3-5-21(20)24;1-2/h2-5,15,18,25H,1,6-14,16H2,(H2,26,27);1-2H3. The van der Waals surface area contributed by atoms with Crippen LogP contribution in [0, 0.1) is 11.3 Å². The summed E-state index contributed by atoms with van der Waals surface area (Å²) in [5.74, 6) is 0.594. The van der Waals surface area contributed by atoms with Gasteiger partial charge in [0.1, 0.15) is 0 Å². The summed E-state index contributed by atoms with van der Waals surface area (Å²) in [5, 5.41) is 9.11. The number of allylic oxidation sites excluding steroid dienone is 1. The lowest BCUT2D eigenvalue weighted by Crippen LogP contribution is -2.43. The van der Waals surface area contributed by atoms with Gasteiger partial charge in [0.05, 0.1) is 0 Å². The maximum atomic E-state index is 8.44. The number of nitrogens with two attached hydrogens (primary N) is 1. The first-order chi connectivity index (χ1) is 15.5. The molecule has 1 aliphatic carbocycles. The molecule has 5 rings (SSSR count). The molecule has 2 fully saturated rings. The van der Waals surface area contributed by atoms with Gasteiger partial charge in [-0.3, -0.25) is 4.90 Å². The van der Waals surface area contributed by atoms with Crippen molar-refractivity contribution in [2.45, 2.75) is 57.9 Å². The lowest BCUT2D eigenvalue weighted by molar-refractivity contribution is 0.146. The average Bonchev–Trinajstić information content (AvgIpc) is 3.36. The molecule has 2 aromatic rings. The Balaban J connectivity index is 0.00000119. The van der Waals surface area contributed by atoms with Crippen LogP contribution in [0.2, 0.25) is 0 Å². The van der Waals surface area contributed by atoms with Crippen molar-refractivity contribution in [3.8, 4) is 0 Å². The van der Waals surface area contributed by atoms with E-state index in [2.05, 4.69) is 45.6 Å². The van der Waals surface area contributed by atoms with E-state index in [1.54, 1.807) is 11.3 Å². The van der Waals surface area contributed by atoms with Crippen LogP contribution in [-0.2, 0) is 12.0 Å². The lowest BCUT2D eigenvalue weighted by atomic mass is 9.73. The number of nitrogens with one attached hydrogen (secondary N) is 1. The van der Waals surface area contributed by atoms with Crippen LogP contribution in [0.5, 0.6) is 0 Å². The van der Waals surface area contributed by atoms with E-state index >= 15 is 0 Å². The SMILES string of the molecule is C=C(C1CCN(Cc2cnc(N)s2)CC1)N1CCC2(CC1)CC(=N)c1ccccc12.CC. The zero-order valence-corrected chi connectivity index (χ0v) is 20.4. The summed E-state index contributed by atoms with van der Waals surface area (Å²) in [6, 6.07) is 8.60. The summed E-state index contributed by atoms with van der Waals surface area (Å²) in [6.07, 6.45) is 7.46. The molecule has 32 heavy (non-hydrogen) atoms. The predicted octanol–water partition coefficient (Wildman–Crippen LogP) is 5.28. The number of fused-ring (bicyclic) bond motifs is 2. The number of benzene rings is 1. The largest absolute Gasteiger partial charge is 0.375 e. The number of piperidine rings is 2. The highest BCUT2D eigenvalue weighted by Crippen LogP contribution is 2.47. The van der Waals surface area contributed by atoms with Crippen molar-refractivity contribution in [3.63, 3.8) is 0 Å². The Morgan fingerprint density at radius 1 is 1.19 bits per heavy atom. The first-order valence-corrected chi connectivity index (χ1v) is 12.9. The second kappa shape index (κ2) is 9.75. The molecule has 3 aliphatic rings. The molecule has 1 aromatic carbocycles. The monoisotopic (exact) mass is 451 g/mol. The fraction of sp³-hybridized carbons (Fsp3) is 0.538. The topological polar surface area (TPSA) is 69.2 Å². The molecule has 0 saturated carbocycles. The fourth-order valence-corrected chi connectivity index (χ4v) is 6.43. The van der Waals surface area contributed by atoms with E-state index in [9.17, 15) is 0 Å². The summed E-state index contributed by atoms with van der Waals surface area (Å²) in [7, 11) is 0. The third-order valence-corrected chi connectivity index (χ3v) is 8.29. The van der Waals surface area contributed by atoms with E-state index in [1.807, 2.05) is 20.0 Å². The van der Waals surface area contributed by atoms with Crippen molar-refractivity contribution in [1.29, 1.82) is 5.41 Å². The summed E-state index contributed by atoms with van der Waals surface area (Å²) in [6.45, 7) is 13.9. The molecule has 3 N–H and O–H groups in total. The van der Waals surface area contributed by atoms with Crippen LogP contribution < -0.4 is 5.73 Å². The fourth-order valence-electron chi connectivity index (χ4n) is 5.70. The van der Waals surface area contributed by atoms with E-state index in [1.165, 1.54) is 34.5 Å². The summed E-state index contributed by atoms with van der Waals surface area (Å²) < 4.78 is 0. The first kappa shape index (κ1) is 23.0. The van der Waals surface area contributed by atoms with Crippen molar-refractivity contribution in [2.75, 3.05) is 31.9 Å². The van der Waals surface area contributed by atoms with Gasteiger partial charge in [0, 0.05) is 53.4 Å². The number of aromatic nitrogens is 1. The number of nitrogens with zero attached hydrogens (tertiary/aromatic N) is 3. The maximum absolute atomic E-state index is 8.44. The molecule has 0 atom stereocenters. The normalized spacial score (nSPS) is 20.7. The van der Waals surface area contributed by atoms with Crippen LogP contribution in [-0.4, -0.2) is 46.7 Å². The van der Waals surface area contributed by atoms with Crippen LogP contribution in [0.15, 0.2) is 42.7 Å². The smallest absolute Gasteiger partial charge is 0.180 e. The van der Waals surface area contributed by atoms with E-state index in [4.69, 9.17) is 11.1 Å². The molecular weight excluding hydrogens is 414 g/mol. The number of anilines is 1. The van der Waals surface area contributed by atoms with Gasteiger partial charge in [-0.25, -0.2) is 4.98 Å². The molecule has 0 amide bonds. The van der Waals surface area contributed by atoms with Crippen LogP contribution >= 0.6 is 11.3 Å². The zero-order chi connectivity index (χ0) is 22.7. The third kappa shape index (κ3) is 4.48. The van der Waals surface area contributed by atoms with Gasteiger partial charge in [-0.2, -0.15) is 0 Å². The van der Waals surface area contributed by atoms with Gasteiger partial charge in [-0.15, -0.1) is 11.3 Å². The Labute approximate surface area is 196 Å². The van der Waals surface area contributed by atoms with Crippen molar-refractivity contribution >= 4 is 22.2 Å². The lowest BCUT2D eigenvalue weighted by Gasteiger charge is -2.44. The predicted molar refractivity (Wildman–Crippen MR) is 135 cm³/mol. The highest BCUT2D eigenvalue weighted by molar-refractivity contribution is 7.15. The van der Waals surface area contributed by atoms with Gasteiger partial charge in [-0.05, 0) is 56.3 Å². The van der Waals surface area contributed by atoms with Gasteiger partial charge in [0.2, 0.25) is 0 Å². The van der Waals surface area contributed by atoms with E-state index in [0.717, 1.165) is 57.7 Å². The number of thiazole rings is 1. The van der Waals surface area contributed by atoms with Crippen LogP contribution in [0.1, 0.15) is 62.0 Å². The molecule has 0 unspecified atom stereocenters. The summed E-state index contributed by atoms with van der Waals surface area (Å²) in [4.78, 5) is 10.5. The average molecular weight is 452 g/mol. The van der Waals surface area contributed by atoms with Crippen LogP contribution in [0.25, 0.3) is 0 Å². The van der Waals surface area contributed by atoms with Gasteiger partial charge in [0.15, 0.2) is 5.13 Å². The van der Waals surface area contributed by atoms with Gasteiger partial charge < -0.3 is 16.0 Å². The van der Waals surface area contributed by atoms with Crippen molar-refractivity contribution in [1.82, 2.24) is 14.8 Å². The molecule has 2 aliphatic heterocycles. The molecular formula is C26H37N5S. The molecule has 3 heterocycles. The molecule has 1 spiro atoms. The second-order valence-electron chi connectivity index (χ2n) is 9.17. The number of rotatable bonds is 4. The number of likely N-dealkylation sites (tertiary alicyclic amines) is 2. The number of nitrogen functional groups attached to an aromatic ring is 1. The minimum Gasteiger partial charge on any atom is -0.375 e. The van der Waals surface area contributed by atoms with Crippen LogP contribution in [0.4, 0.5) is 5.13 Å². The third-order valence-electron chi connectivity index (χ3n) is 7.48. The Hall–Kier alpha value is -2.18. The highest BCUT2D eigenvalue weighted by Gasteiger charge is 2.43. The molecule has 2 saturated heterocycles. The maximum Gasteiger partial charge on any atom is 0.180 e. The molecule has 5 nitrogen and oxygen atoms in total. The summed E-state index contributed by atoms with van der Waals surface area (Å²) in [5.41, 5.74) is 10.7. The molecule has 0 radical (unpaired) electrons. The Bertz CT molecular complexity index is 949. The van der Waals surface area contributed by atoms with Crippen molar-refractivity contribution < 1.29 is 0 Å². The Morgan fingerprint density at radius 2 is 1.88 bits per heavy atom. The minimum absolute atomic E-state index is 0.185. The van der Waals surface area contributed by atoms with E-state index in [0.29, 0.717) is 11.0 Å². The number of hydrogen-bond donors (Lipinski definition) is 2. The zero-order valence-electron chi connectivity index (χ0n) is 19.6. The molecule has 1 aromatic heterocycles. The molecule has 0 bridgehead atoms. The first-order valence-electron chi connectivity index (χ1n) is 12.1. The highest BCUT2D eigenvalue weighted by atomic mass is 32.1. The van der Waals surface area contributed by atoms with Gasteiger partial charge in [-0.1, -0.05) is 44.7 Å². The van der Waals surface area contributed by atoms with E-state index in [-0.39, 0.29) is 5.41 Å². The number of hydrogen-bond acceptors (Lipinski definition) is 6. The second-order valence-corrected chi connectivity index (χ2v) is 10.3. The Kier molecular flexibility index (Phi) is 7.01. The molecule has 6 heteroatoms. The Morgan fingerprint density at radius 3 is 2.53 bits per heavy atom. The summed E-state index contributed by atoms with van der Waals surface area (Å²) >= 11 is 1.60. The van der Waals surface area contributed by atoms with Crippen molar-refractivity contribution in [3.05, 3.63) is 58.7 Å². The van der Waals surface area contributed by atoms with Gasteiger partial charge in [0.25, 0.3) is 0 Å². The van der Waals surface area contributed by atoms with Crippen LogP contribution in [0.3, 0.4) is 0 Å².